The summed E-state index contributed by atoms with van der Waals surface area (Å²) in [6, 6.07) is 27.4. The lowest BCUT2D eigenvalue weighted by Crippen LogP contribution is -2.48. The monoisotopic (exact) mass is 495 g/mol. The summed E-state index contributed by atoms with van der Waals surface area (Å²) in [5, 5.41) is 0. The largest absolute Gasteiger partial charge is 0.348 e. The molecule has 0 aliphatic carbocycles. The van der Waals surface area contributed by atoms with Gasteiger partial charge in [-0.25, -0.2) is 4.39 Å². The Hall–Kier alpha value is -4.19. The van der Waals surface area contributed by atoms with Gasteiger partial charge in [-0.1, -0.05) is 67.6 Å². The molecule has 188 valence electrons. The van der Waals surface area contributed by atoms with Crippen molar-refractivity contribution in [2.75, 3.05) is 19.6 Å². The van der Waals surface area contributed by atoms with Crippen LogP contribution in [0.15, 0.2) is 97.2 Å². The van der Waals surface area contributed by atoms with E-state index in [0.29, 0.717) is 30.8 Å². The third-order valence-corrected chi connectivity index (χ3v) is 6.90. The molecule has 0 unspecified atom stereocenters. The quantitative estimate of drug-likeness (QED) is 0.326. The van der Waals surface area contributed by atoms with Crippen LogP contribution in [0.25, 0.3) is 11.1 Å². The highest BCUT2D eigenvalue weighted by molar-refractivity contribution is 5.97. The van der Waals surface area contributed by atoms with Crippen LogP contribution in [0.1, 0.15) is 41.0 Å². The average Bonchev–Trinajstić information content (AvgIpc) is 3.42. The van der Waals surface area contributed by atoms with E-state index in [4.69, 9.17) is 0 Å². The minimum absolute atomic E-state index is 0.0568. The Bertz CT molecular complexity index is 1380. The fourth-order valence-electron chi connectivity index (χ4n) is 5.07. The standard InChI is InChI=1S/C31H30FN3O2/c1-2-18-34(31(37)25-16-14-24(15-17-25)23-9-4-3-5-10-23)22-29(36)35-21-20-33-19-8-13-28(33)30(35)26-11-6-7-12-27(26)32/h3-17,19,30H,2,18,20-22H2,1H3/t30-/m1/s1. The zero-order valence-electron chi connectivity index (χ0n) is 20.9. The number of amides is 2. The Kier molecular flexibility index (Phi) is 7.17. The Morgan fingerprint density at radius 2 is 1.57 bits per heavy atom. The van der Waals surface area contributed by atoms with E-state index in [0.717, 1.165) is 23.2 Å². The maximum absolute atomic E-state index is 14.9. The Labute approximate surface area is 216 Å². The van der Waals surface area contributed by atoms with Crippen molar-refractivity contribution in [1.29, 1.82) is 0 Å². The molecule has 1 atom stereocenters. The molecule has 3 aromatic carbocycles. The molecule has 0 bridgehead atoms. The molecule has 4 aromatic rings. The number of carbonyl (C=O) groups excluding carboxylic acids is 2. The van der Waals surface area contributed by atoms with Gasteiger partial charge in [-0.2, -0.15) is 0 Å². The van der Waals surface area contributed by atoms with Crippen molar-refractivity contribution in [3.63, 3.8) is 0 Å². The maximum Gasteiger partial charge on any atom is 0.254 e. The normalized spacial score (nSPS) is 14.8. The molecule has 2 amide bonds. The summed E-state index contributed by atoms with van der Waals surface area (Å²) in [5.74, 6) is -0.721. The summed E-state index contributed by atoms with van der Waals surface area (Å²) >= 11 is 0. The first-order valence-corrected chi connectivity index (χ1v) is 12.7. The van der Waals surface area contributed by atoms with Crippen LogP contribution in [0, 0.1) is 5.82 Å². The van der Waals surface area contributed by atoms with Gasteiger partial charge in [-0.05, 0) is 47.9 Å². The van der Waals surface area contributed by atoms with Gasteiger partial charge in [0.05, 0.1) is 0 Å². The topological polar surface area (TPSA) is 45.6 Å². The smallest absolute Gasteiger partial charge is 0.254 e. The van der Waals surface area contributed by atoms with E-state index in [9.17, 15) is 14.0 Å². The second kappa shape index (κ2) is 10.8. The van der Waals surface area contributed by atoms with Crippen LogP contribution < -0.4 is 0 Å². The number of aromatic nitrogens is 1. The summed E-state index contributed by atoms with van der Waals surface area (Å²) in [4.78, 5) is 30.5. The fourth-order valence-corrected chi connectivity index (χ4v) is 5.07. The van der Waals surface area contributed by atoms with E-state index >= 15 is 0 Å². The number of nitrogens with zero attached hydrogens (tertiary/aromatic N) is 3. The molecule has 6 heteroatoms. The number of hydrogen-bond donors (Lipinski definition) is 0. The van der Waals surface area contributed by atoms with Gasteiger partial charge in [0.25, 0.3) is 5.91 Å². The first kappa shape index (κ1) is 24.5. The van der Waals surface area contributed by atoms with Crippen molar-refractivity contribution >= 4 is 11.8 Å². The first-order chi connectivity index (χ1) is 18.1. The van der Waals surface area contributed by atoms with Crippen LogP contribution >= 0.6 is 0 Å². The van der Waals surface area contributed by atoms with Gasteiger partial charge in [-0.15, -0.1) is 0 Å². The van der Waals surface area contributed by atoms with Crippen molar-refractivity contribution in [2.45, 2.75) is 25.9 Å². The number of benzene rings is 3. The van der Waals surface area contributed by atoms with E-state index in [1.54, 1.807) is 28.0 Å². The van der Waals surface area contributed by atoms with Gasteiger partial charge < -0.3 is 14.4 Å². The minimum Gasteiger partial charge on any atom is -0.348 e. The summed E-state index contributed by atoms with van der Waals surface area (Å²) < 4.78 is 16.9. The molecule has 0 radical (unpaired) electrons. The Morgan fingerprint density at radius 1 is 0.865 bits per heavy atom. The number of hydrogen-bond acceptors (Lipinski definition) is 2. The second-order valence-electron chi connectivity index (χ2n) is 9.31. The van der Waals surface area contributed by atoms with Crippen LogP contribution in [-0.2, 0) is 11.3 Å². The zero-order valence-corrected chi connectivity index (χ0v) is 20.9. The predicted molar refractivity (Wildman–Crippen MR) is 142 cm³/mol. The van der Waals surface area contributed by atoms with Crippen LogP contribution in [0.2, 0.25) is 0 Å². The highest BCUT2D eigenvalue weighted by Gasteiger charge is 2.34. The van der Waals surface area contributed by atoms with Crippen molar-refractivity contribution in [3.8, 4) is 11.1 Å². The molecule has 2 heterocycles. The van der Waals surface area contributed by atoms with Crippen molar-refractivity contribution < 1.29 is 14.0 Å². The molecule has 0 spiro atoms. The lowest BCUT2D eigenvalue weighted by molar-refractivity contribution is -0.134. The van der Waals surface area contributed by atoms with Crippen LogP contribution in [-0.4, -0.2) is 45.8 Å². The summed E-state index contributed by atoms with van der Waals surface area (Å²) in [6.07, 6.45) is 2.68. The molecule has 0 saturated carbocycles. The molecule has 37 heavy (non-hydrogen) atoms. The molecule has 0 saturated heterocycles. The Morgan fingerprint density at radius 3 is 2.30 bits per heavy atom. The number of fused-ring (bicyclic) bond motifs is 1. The number of rotatable bonds is 7. The van der Waals surface area contributed by atoms with Gasteiger partial charge in [0.15, 0.2) is 0 Å². The highest BCUT2D eigenvalue weighted by atomic mass is 19.1. The molecule has 0 N–H and O–H groups in total. The molecule has 0 fully saturated rings. The molecular weight excluding hydrogens is 465 g/mol. The zero-order chi connectivity index (χ0) is 25.8. The molecular formula is C31H30FN3O2. The fraction of sp³-hybridized carbons (Fsp3) is 0.226. The summed E-state index contributed by atoms with van der Waals surface area (Å²) in [7, 11) is 0. The molecule has 1 aliphatic heterocycles. The van der Waals surface area contributed by atoms with E-state index in [1.165, 1.54) is 6.07 Å². The Balaban J connectivity index is 1.38. The molecule has 5 rings (SSSR count). The van der Waals surface area contributed by atoms with E-state index in [-0.39, 0.29) is 24.2 Å². The summed E-state index contributed by atoms with van der Waals surface area (Å²) in [5.41, 5.74) is 3.98. The second-order valence-corrected chi connectivity index (χ2v) is 9.31. The predicted octanol–water partition coefficient (Wildman–Crippen LogP) is 5.78. The lowest BCUT2D eigenvalue weighted by atomic mass is 9.99. The van der Waals surface area contributed by atoms with Crippen LogP contribution in [0.5, 0.6) is 0 Å². The third kappa shape index (κ3) is 5.05. The van der Waals surface area contributed by atoms with E-state index in [2.05, 4.69) is 4.57 Å². The molecule has 5 nitrogen and oxygen atoms in total. The van der Waals surface area contributed by atoms with Gasteiger partial charge in [0, 0.05) is 42.7 Å². The summed E-state index contributed by atoms with van der Waals surface area (Å²) in [6.45, 7) is 3.46. The van der Waals surface area contributed by atoms with Crippen LogP contribution in [0.3, 0.4) is 0 Å². The van der Waals surface area contributed by atoms with E-state index in [1.807, 2.05) is 79.9 Å². The van der Waals surface area contributed by atoms with Crippen molar-refractivity contribution in [2.24, 2.45) is 0 Å². The van der Waals surface area contributed by atoms with Crippen LogP contribution in [0.4, 0.5) is 4.39 Å². The van der Waals surface area contributed by atoms with Gasteiger partial charge in [0.2, 0.25) is 5.91 Å². The molecule has 1 aromatic heterocycles. The minimum atomic E-state index is -0.541. The maximum atomic E-state index is 14.9. The number of halogens is 1. The van der Waals surface area contributed by atoms with Gasteiger partial charge >= 0.3 is 0 Å². The van der Waals surface area contributed by atoms with Crippen molar-refractivity contribution in [3.05, 3.63) is 120 Å². The number of carbonyl (C=O) groups is 2. The SMILES string of the molecule is CCCN(CC(=O)N1CCn2cccc2[C@H]1c1ccccc1F)C(=O)c1ccc(-c2ccccc2)cc1. The van der Waals surface area contributed by atoms with E-state index < -0.39 is 6.04 Å². The average molecular weight is 496 g/mol. The molecule has 1 aliphatic rings. The highest BCUT2D eigenvalue weighted by Crippen LogP contribution is 2.34. The van der Waals surface area contributed by atoms with Crippen molar-refractivity contribution in [1.82, 2.24) is 14.4 Å². The lowest BCUT2D eigenvalue weighted by Gasteiger charge is -2.38. The van der Waals surface area contributed by atoms with Gasteiger partial charge in [0.1, 0.15) is 18.4 Å². The first-order valence-electron chi connectivity index (χ1n) is 12.7. The third-order valence-electron chi connectivity index (χ3n) is 6.90. The van der Waals surface area contributed by atoms with Gasteiger partial charge in [-0.3, -0.25) is 9.59 Å².